The van der Waals surface area contributed by atoms with E-state index >= 15 is 0 Å². The summed E-state index contributed by atoms with van der Waals surface area (Å²) in [7, 11) is 1.36. The Kier molecular flexibility index (Phi) is 3.01. The minimum atomic E-state index is -1.04. The Balaban J connectivity index is 2.85. The van der Waals surface area contributed by atoms with Gasteiger partial charge in [-0.15, -0.1) is 0 Å². The Labute approximate surface area is 108 Å². The number of methoxy groups -OCH3 is 1. The second-order valence-electron chi connectivity index (χ2n) is 4.28. The maximum atomic E-state index is 10.8. The number of aromatic hydroxyl groups is 2. The van der Waals surface area contributed by atoms with E-state index < -0.39 is 5.97 Å². The number of fused-ring (bicyclic) bond motifs is 1. The van der Waals surface area contributed by atoms with Crippen LogP contribution in [-0.2, 0) is 11.2 Å². The normalized spacial score (nSPS) is 10.9. The number of phenols is 2. The van der Waals surface area contributed by atoms with Crippen LogP contribution < -0.4 is 4.74 Å². The van der Waals surface area contributed by atoms with Crippen molar-refractivity contribution in [2.45, 2.75) is 20.3 Å². The zero-order chi connectivity index (χ0) is 14.3. The van der Waals surface area contributed by atoms with Crippen LogP contribution in [0.5, 0.6) is 17.2 Å². The Morgan fingerprint density at radius 1 is 1.21 bits per heavy atom. The molecule has 0 saturated carbocycles. The molecule has 0 amide bonds. The van der Waals surface area contributed by atoms with E-state index in [1.54, 1.807) is 6.92 Å². The summed E-state index contributed by atoms with van der Waals surface area (Å²) in [6.07, 6.45) is -0.303. The monoisotopic (exact) mass is 266 g/mol. The standard InChI is InChI=1S/C13H14O6/c1-5-7(4-8(14)15)19-12-9(5)10(16)6(2)11(17)13(12)18-3/h16-17H,4H2,1-3H3,(H,14,15). The number of carbonyl (C=O) groups is 1. The molecule has 0 aliphatic rings. The molecule has 6 nitrogen and oxygen atoms in total. The van der Waals surface area contributed by atoms with Crippen LogP contribution in [0.2, 0.25) is 0 Å². The number of rotatable bonds is 3. The van der Waals surface area contributed by atoms with E-state index in [0.717, 1.165) is 0 Å². The summed E-state index contributed by atoms with van der Waals surface area (Å²) < 4.78 is 10.5. The SMILES string of the molecule is COc1c(O)c(C)c(O)c2c(C)c(CC(=O)O)oc12. The highest BCUT2D eigenvalue weighted by atomic mass is 16.5. The Morgan fingerprint density at radius 3 is 2.37 bits per heavy atom. The van der Waals surface area contributed by atoms with E-state index in [1.165, 1.54) is 14.0 Å². The Morgan fingerprint density at radius 2 is 1.84 bits per heavy atom. The van der Waals surface area contributed by atoms with Crippen molar-refractivity contribution >= 4 is 16.9 Å². The van der Waals surface area contributed by atoms with Gasteiger partial charge in [-0.1, -0.05) is 0 Å². The van der Waals surface area contributed by atoms with Crippen molar-refractivity contribution in [2.24, 2.45) is 0 Å². The molecule has 19 heavy (non-hydrogen) atoms. The molecule has 0 unspecified atom stereocenters. The third-order valence-electron chi connectivity index (χ3n) is 3.13. The highest BCUT2D eigenvalue weighted by Gasteiger charge is 2.24. The number of aliphatic carboxylic acids is 1. The van der Waals surface area contributed by atoms with Crippen LogP contribution in [-0.4, -0.2) is 28.4 Å². The molecule has 6 heteroatoms. The molecular weight excluding hydrogens is 252 g/mol. The topological polar surface area (TPSA) is 100 Å². The molecule has 102 valence electrons. The van der Waals surface area contributed by atoms with Gasteiger partial charge in [-0.3, -0.25) is 4.79 Å². The number of benzene rings is 1. The number of furan rings is 1. The van der Waals surface area contributed by atoms with Gasteiger partial charge in [0.15, 0.2) is 11.3 Å². The highest BCUT2D eigenvalue weighted by molar-refractivity contribution is 5.96. The molecule has 0 bridgehead atoms. The van der Waals surface area contributed by atoms with Crippen molar-refractivity contribution in [3.63, 3.8) is 0 Å². The molecule has 0 aliphatic carbocycles. The van der Waals surface area contributed by atoms with Gasteiger partial charge in [0, 0.05) is 11.1 Å². The van der Waals surface area contributed by atoms with Crippen LogP contribution in [0.15, 0.2) is 4.42 Å². The van der Waals surface area contributed by atoms with Crippen LogP contribution in [0, 0.1) is 13.8 Å². The van der Waals surface area contributed by atoms with E-state index in [-0.39, 0.29) is 40.6 Å². The first-order chi connectivity index (χ1) is 8.88. The zero-order valence-electron chi connectivity index (χ0n) is 10.8. The van der Waals surface area contributed by atoms with E-state index in [2.05, 4.69) is 0 Å². The molecule has 0 spiro atoms. The molecule has 0 saturated heterocycles. The Bertz CT molecular complexity index is 668. The lowest BCUT2D eigenvalue weighted by molar-refractivity contribution is -0.136. The third kappa shape index (κ3) is 1.85. The van der Waals surface area contributed by atoms with Crippen molar-refractivity contribution in [1.29, 1.82) is 0 Å². The predicted molar refractivity (Wildman–Crippen MR) is 66.9 cm³/mol. The van der Waals surface area contributed by atoms with Gasteiger partial charge >= 0.3 is 5.97 Å². The molecule has 1 heterocycles. The van der Waals surface area contributed by atoms with Gasteiger partial charge in [0.25, 0.3) is 0 Å². The Hall–Kier alpha value is -2.37. The summed E-state index contributed by atoms with van der Waals surface area (Å²) in [6.45, 7) is 3.19. The highest BCUT2D eigenvalue weighted by Crippen LogP contribution is 2.47. The number of phenolic OH excluding ortho intramolecular Hbond substituents is 2. The van der Waals surface area contributed by atoms with E-state index in [1.807, 2.05) is 0 Å². The lowest BCUT2D eigenvalue weighted by atomic mass is 10.0. The minimum Gasteiger partial charge on any atom is -0.507 e. The van der Waals surface area contributed by atoms with Crippen LogP contribution >= 0.6 is 0 Å². The van der Waals surface area contributed by atoms with Crippen LogP contribution in [0.4, 0.5) is 0 Å². The van der Waals surface area contributed by atoms with Gasteiger partial charge < -0.3 is 24.5 Å². The average molecular weight is 266 g/mol. The first kappa shape index (κ1) is 13.1. The zero-order valence-corrected chi connectivity index (χ0v) is 10.8. The van der Waals surface area contributed by atoms with Crippen molar-refractivity contribution in [3.05, 3.63) is 16.9 Å². The average Bonchev–Trinajstić information content (AvgIpc) is 2.64. The maximum Gasteiger partial charge on any atom is 0.311 e. The number of ether oxygens (including phenoxy) is 1. The summed E-state index contributed by atoms with van der Waals surface area (Å²) in [5.74, 6) is -1.08. The summed E-state index contributed by atoms with van der Waals surface area (Å²) in [5.41, 5.74) is 0.934. The number of aryl methyl sites for hydroxylation is 1. The fourth-order valence-corrected chi connectivity index (χ4v) is 2.08. The van der Waals surface area contributed by atoms with Crippen molar-refractivity contribution in [3.8, 4) is 17.2 Å². The fourth-order valence-electron chi connectivity index (χ4n) is 2.08. The second-order valence-corrected chi connectivity index (χ2v) is 4.28. The summed E-state index contributed by atoms with van der Waals surface area (Å²) >= 11 is 0. The molecule has 0 atom stereocenters. The van der Waals surface area contributed by atoms with Crippen molar-refractivity contribution in [2.75, 3.05) is 7.11 Å². The van der Waals surface area contributed by atoms with Gasteiger partial charge in [-0.25, -0.2) is 0 Å². The summed E-state index contributed by atoms with van der Waals surface area (Å²) in [4.78, 5) is 10.8. The van der Waals surface area contributed by atoms with E-state index in [9.17, 15) is 15.0 Å². The molecule has 0 radical (unpaired) electrons. The number of carboxylic acids is 1. The lowest BCUT2D eigenvalue weighted by Gasteiger charge is -2.09. The molecular formula is C13H14O6. The number of carboxylic acid groups (broad SMARTS) is 1. The minimum absolute atomic E-state index is 0.0880. The quantitative estimate of drug-likeness (QED) is 0.786. The molecule has 1 aromatic carbocycles. The molecule has 0 aliphatic heterocycles. The van der Waals surface area contributed by atoms with Gasteiger partial charge in [-0.05, 0) is 13.8 Å². The molecule has 2 aromatic rings. The van der Waals surface area contributed by atoms with Gasteiger partial charge in [0.05, 0.1) is 12.5 Å². The smallest absolute Gasteiger partial charge is 0.311 e. The van der Waals surface area contributed by atoms with Gasteiger partial charge in [0.1, 0.15) is 17.9 Å². The van der Waals surface area contributed by atoms with Crippen LogP contribution in [0.1, 0.15) is 16.9 Å². The number of hydrogen-bond donors (Lipinski definition) is 3. The first-order valence-electron chi connectivity index (χ1n) is 5.60. The fraction of sp³-hybridized carbons (Fsp3) is 0.308. The van der Waals surface area contributed by atoms with Crippen LogP contribution in [0.3, 0.4) is 0 Å². The van der Waals surface area contributed by atoms with E-state index in [4.69, 9.17) is 14.3 Å². The molecule has 3 N–H and O–H groups in total. The lowest BCUT2D eigenvalue weighted by Crippen LogP contribution is -1.99. The third-order valence-corrected chi connectivity index (χ3v) is 3.13. The number of hydrogen-bond acceptors (Lipinski definition) is 5. The molecule has 2 rings (SSSR count). The predicted octanol–water partition coefficient (Wildman–Crippen LogP) is 2.10. The maximum absolute atomic E-state index is 10.8. The van der Waals surface area contributed by atoms with Crippen molar-refractivity contribution in [1.82, 2.24) is 0 Å². The van der Waals surface area contributed by atoms with Crippen LogP contribution in [0.25, 0.3) is 11.0 Å². The van der Waals surface area contributed by atoms with Gasteiger partial charge in [-0.2, -0.15) is 0 Å². The molecule has 0 fully saturated rings. The second kappa shape index (κ2) is 4.38. The summed E-state index contributed by atoms with van der Waals surface area (Å²) in [5, 5.41) is 29.1. The first-order valence-corrected chi connectivity index (χ1v) is 5.60. The largest absolute Gasteiger partial charge is 0.507 e. The van der Waals surface area contributed by atoms with Gasteiger partial charge in [0.2, 0.25) is 5.75 Å². The van der Waals surface area contributed by atoms with E-state index in [0.29, 0.717) is 10.9 Å². The molecule has 1 aromatic heterocycles. The van der Waals surface area contributed by atoms with Crippen molar-refractivity contribution < 1.29 is 29.3 Å². The summed E-state index contributed by atoms with van der Waals surface area (Å²) in [6, 6.07) is 0.